The van der Waals surface area contributed by atoms with Crippen LogP contribution in [0, 0.1) is 0 Å². The van der Waals surface area contributed by atoms with E-state index in [-0.39, 0.29) is 18.7 Å². The third kappa shape index (κ3) is 2.16. The first kappa shape index (κ1) is 14.5. The minimum Gasteiger partial charge on any atom is -0.497 e. The average molecular weight is 319 g/mol. The molecule has 7 heteroatoms. The lowest BCUT2D eigenvalue weighted by molar-refractivity contribution is -0.179. The summed E-state index contributed by atoms with van der Waals surface area (Å²) in [5.41, 5.74) is -0.856. The fourth-order valence-electron chi connectivity index (χ4n) is 2.71. The molecule has 3 nitrogen and oxygen atoms in total. The molecule has 0 saturated heterocycles. The normalized spacial score (nSPS) is 17.2. The van der Waals surface area contributed by atoms with Crippen LogP contribution >= 0.6 is 11.6 Å². The molecule has 1 heterocycles. The van der Waals surface area contributed by atoms with Gasteiger partial charge in [-0.25, -0.2) is 4.98 Å². The van der Waals surface area contributed by atoms with Gasteiger partial charge < -0.3 is 9.30 Å². The monoisotopic (exact) mass is 318 g/mol. The molecule has 0 spiro atoms. The Morgan fingerprint density at radius 3 is 2.62 bits per heavy atom. The van der Waals surface area contributed by atoms with Crippen molar-refractivity contribution in [3.63, 3.8) is 0 Å². The molecule has 0 N–H and O–H groups in total. The van der Waals surface area contributed by atoms with E-state index < -0.39 is 11.7 Å². The highest BCUT2D eigenvalue weighted by Gasteiger charge is 2.65. The Morgan fingerprint density at radius 2 is 2.10 bits per heavy atom. The molecule has 0 aliphatic heterocycles. The number of halogens is 4. The van der Waals surface area contributed by atoms with Gasteiger partial charge in [-0.1, -0.05) is 0 Å². The van der Waals surface area contributed by atoms with Crippen molar-refractivity contribution in [2.45, 2.75) is 31.0 Å². The molecule has 3 rings (SSSR count). The van der Waals surface area contributed by atoms with Gasteiger partial charge in [0, 0.05) is 18.4 Å². The highest BCUT2D eigenvalue weighted by molar-refractivity contribution is 6.17. The fourth-order valence-corrected chi connectivity index (χ4v) is 2.88. The first-order chi connectivity index (χ1) is 9.93. The van der Waals surface area contributed by atoms with Crippen LogP contribution in [0.5, 0.6) is 5.75 Å². The summed E-state index contributed by atoms with van der Waals surface area (Å²) in [6.45, 7) is 0. The van der Waals surface area contributed by atoms with Gasteiger partial charge in [-0.3, -0.25) is 0 Å². The molecule has 1 aliphatic carbocycles. The maximum atomic E-state index is 13.5. The van der Waals surface area contributed by atoms with Crippen molar-refractivity contribution in [3.05, 3.63) is 24.0 Å². The maximum absolute atomic E-state index is 13.5. The second-order valence-electron chi connectivity index (χ2n) is 5.19. The Balaban J connectivity index is 2.25. The van der Waals surface area contributed by atoms with Gasteiger partial charge in [-0.05, 0) is 25.0 Å². The molecule has 0 bridgehead atoms. The minimum absolute atomic E-state index is 0.0778. The highest BCUT2D eigenvalue weighted by atomic mass is 35.5. The van der Waals surface area contributed by atoms with Gasteiger partial charge in [0.25, 0.3) is 0 Å². The second kappa shape index (κ2) is 4.80. The van der Waals surface area contributed by atoms with Crippen molar-refractivity contribution in [2.24, 2.45) is 0 Å². The summed E-state index contributed by atoms with van der Waals surface area (Å²) in [6, 6.07) is 4.97. The summed E-state index contributed by atoms with van der Waals surface area (Å²) in [5, 5.41) is 0. The number of nitrogens with zero attached hydrogens (tertiary/aromatic N) is 2. The zero-order valence-corrected chi connectivity index (χ0v) is 12.1. The first-order valence-electron chi connectivity index (χ1n) is 6.61. The van der Waals surface area contributed by atoms with Crippen molar-refractivity contribution in [1.29, 1.82) is 0 Å². The van der Waals surface area contributed by atoms with Crippen molar-refractivity contribution in [1.82, 2.24) is 9.55 Å². The third-order valence-electron chi connectivity index (χ3n) is 3.93. The number of ether oxygens (including phenoxy) is 1. The molecule has 1 aromatic heterocycles. The standard InChI is InChI=1S/C14H14ClF3N2O/c1-21-9-2-3-10-11(8-9)20(12(19-10)4-7-15)13(5-6-13)14(16,17)18/h2-3,8H,4-7H2,1H3. The fraction of sp³-hybridized carbons (Fsp3) is 0.500. The lowest BCUT2D eigenvalue weighted by Gasteiger charge is -2.24. The number of rotatable bonds is 4. The van der Waals surface area contributed by atoms with Gasteiger partial charge in [0.05, 0.1) is 18.1 Å². The summed E-state index contributed by atoms with van der Waals surface area (Å²) in [7, 11) is 1.48. The smallest absolute Gasteiger partial charge is 0.412 e. The van der Waals surface area contributed by atoms with Crippen LogP contribution in [0.25, 0.3) is 11.0 Å². The van der Waals surface area contributed by atoms with E-state index in [2.05, 4.69) is 4.98 Å². The Kier molecular flexibility index (Phi) is 3.31. The molecule has 21 heavy (non-hydrogen) atoms. The molecule has 1 aromatic carbocycles. The molecule has 2 aromatic rings. The van der Waals surface area contributed by atoms with E-state index in [1.165, 1.54) is 11.7 Å². The molecule has 114 valence electrons. The number of benzene rings is 1. The van der Waals surface area contributed by atoms with Gasteiger partial charge in [0.1, 0.15) is 17.1 Å². The number of aryl methyl sites for hydroxylation is 1. The first-order valence-corrected chi connectivity index (χ1v) is 7.15. The number of hydrogen-bond acceptors (Lipinski definition) is 2. The predicted octanol–water partition coefficient (Wildman–Crippen LogP) is 3.88. The molecule has 1 saturated carbocycles. The van der Waals surface area contributed by atoms with E-state index in [0.29, 0.717) is 29.0 Å². The molecule has 0 atom stereocenters. The Morgan fingerprint density at radius 1 is 1.38 bits per heavy atom. The van der Waals surface area contributed by atoms with Gasteiger partial charge in [0.2, 0.25) is 0 Å². The highest BCUT2D eigenvalue weighted by Crippen LogP contribution is 2.57. The van der Waals surface area contributed by atoms with Crippen LogP contribution in [-0.4, -0.2) is 28.7 Å². The average Bonchev–Trinajstić information content (AvgIpc) is 3.16. The Bertz CT molecular complexity index is 677. The second-order valence-corrected chi connectivity index (χ2v) is 5.56. The van der Waals surface area contributed by atoms with Gasteiger partial charge in [-0.15, -0.1) is 11.6 Å². The van der Waals surface area contributed by atoms with Crippen LogP contribution < -0.4 is 4.74 Å². The van der Waals surface area contributed by atoms with E-state index in [4.69, 9.17) is 16.3 Å². The molecular formula is C14H14ClF3N2O. The van der Waals surface area contributed by atoms with Crippen LogP contribution in [0.4, 0.5) is 13.2 Å². The Labute approximate surface area is 124 Å². The van der Waals surface area contributed by atoms with Crippen LogP contribution in [0.15, 0.2) is 18.2 Å². The molecule has 0 unspecified atom stereocenters. The summed E-state index contributed by atoms with van der Waals surface area (Å²) in [6.07, 6.45) is -3.84. The number of alkyl halides is 4. The lowest BCUT2D eigenvalue weighted by Crippen LogP contribution is -2.36. The predicted molar refractivity (Wildman–Crippen MR) is 74.0 cm³/mol. The quantitative estimate of drug-likeness (QED) is 0.800. The van der Waals surface area contributed by atoms with Crippen LogP contribution in [0.3, 0.4) is 0 Å². The van der Waals surface area contributed by atoms with Gasteiger partial charge in [0.15, 0.2) is 0 Å². The van der Waals surface area contributed by atoms with E-state index in [1.807, 2.05) is 0 Å². The molecule has 0 amide bonds. The van der Waals surface area contributed by atoms with E-state index in [0.717, 1.165) is 0 Å². The number of aromatic nitrogens is 2. The zero-order valence-electron chi connectivity index (χ0n) is 11.4. The SMILES string of the molecule is COc1ccc2nc(CCCl)n(C3(C(F)(F)F)CC3)c2c1. The summed E-state index contributed by atoms with van der Waals surface area (Å²) >= 11 is 5.72. The van der Waals surface area contributed by atoms with Crippen molar-refractivity contribution < 1.29 is 17.9 Å². The van der Waals surface area contributed by atoms with Crippen molar-refractivity contribution >= 4 is 22.6 Å². The number of methoxy groups -OCH3 is 1. The van der Waals surface area contributed by atoms with E-state index in [9.17, 15) is 13.2 Å². The van der Waals surface area contributed by atoms with Crippen LogP contribution in [0.2, 0.25) is 0 Å². The largest absolute Gasteiger partial charge is 0.497 e. The van der Waals surface area contributed by atoms with E-state index in [1.54, 1.807) is 18.2 Å². The number of hydrogen-bond donors (Lipinski definition) is 0. The Hall–Kier alpha value is -1.43. The third-order valence-corrected chi connectivity index (χ3v) is 4.12. The van der Waals surface area contributed by atoms with Crippen molar-refractivity contribution in [2.75, 3.05) is 13.0 Å². The van der Waals surface area contributed by atoms with Gasteiger partial charge >= 0.3 is 6.18 Å². The zero-order chi connectivity index (χ0) is 15.3. The minimum atomic E-state index is -4.30. The molecule has 0 radical (unpaired) electrons. The molecular weight excluding hydrogens is 305 g/mol. The summed E-state index contributed by atoms with van der Waals surface area (Å²) < 4.78 is 46.9. The van der Waals surface area contributed by atoms with Crippen LogP contribution in [-0.2, 0) is 12.0 Å². The molecule has 1 aliphatic rings. The number of imidazole rings is 1. The molecule has 1 fully saturated rings. The maximum Gasteiger partial charge on any atom is 0.412 e. The number of fused-ring (bicyclic) bond motifs is 1. The van der Waals surface area contributed by atoms with Crippen LogP contribution in [0.1, 0.15) is 18.7 Å². The topological polar surface area (TPSA) is 27.1 Å². The summed E-state index contributed by atoms with van der Waals surface area (Å²) in [4.78, 5) is 4.32. The van der Waals surface area contributed by atoms with Crippen molar-refractivity contribution in [3.8, 4) is 5.75 Å². The summed E-state index contributed by atoms with van der Waals surface area (Å²) in [5.74, 6) is 1.12. The van der Waals surface area contributed by atoms with Gasteiger partial charge in [-0.2, -0.15) is 13.2 Å². The van der Waals surface area contributed by atoms with E-state index >= 15 is 0 Å². The lowest BCUT2D eigenvalue weighted by atomic mass is 10.2.